The van der Waals surface area contributed by atoms with Crippen LogP contribution in [0.2, 0.25) is 10.0 Å². The molecule has 0 aromatic heterocycles. The van der Waals surface area contributed by atoms with Gasteiger partial charge in [0, 0.05) is 10.7 Å². The third-order valence-corrected chi connectivity index (χ3v) is 4.10. The Balaban J connectivity index is 2.33. The minimum Gasteiger partial charge on any atom is -0.495 e. The van der Waals surface area contributed by atoms with E-state index in [9.17, 15) is 13.2 Å². The van der Waals surface area contributed by atoms with E-state index >= 15 is 0 Å². The first-order valence-electron chi connectivity index (χ1n) is 6.62. The van der Waals surface area contributed by atoms with Gasteiger partial charge in [-0.3, -0.25) is 9.52 Å². The van der Waals surface area contributed by atoms with Gasteiger partial charge in [-0.05, 0) is 36.4 Å². The molecule has 24 heavy (non-hydrogen) atoms. The molecule has 0 atom stereocenters. The predicted octanol–water partition coefficient (Wildman–Crippen LogP) is 3.63. The summed E-state index contributed by atoms with van der Waals surface area (Å²) in [7, 11) is -2.01. The van der Waals surface area contributed by atoms with E-state index in [4.69, 9.17) is 27.9 Å². The quantitative estimate of drug-likeness (QED) is 0.818. The van der Waals surface area contributed by atoms with E-state index in [1.807, 2.05) is 0 Å². The first-order valence-corrected chi connectivity index (χ1v) is 9.26. The van der Waals surface area contributed by atoms with Gasteiger partial charge in [-0.25, -0.2) is 8.42 Å². The van der Waals surface area contributed by atoms with Crippen LogP contribution in [0.5, 0.6) is 5.75 Å². The number of carbonyl (C=O) groups excluding carboxylic acids is 1. The summed E-state index contributed by atoms with van der Waals surface area (Å²) in [5.74, 6) is -0.105. The highest BCUT2D eigenvalue weighted by atomic mass is 35.5. The molecule has 0 saturated carbocycles. The normalized spacial score (nSPS) is 11.0. The number of methoxy groups -OCH3 is 1. The SMILES string of the molecule is COc1ccc(Cl)cc1NC(=O)c1cc(NS(C)(=O)=O)ccc1Cl. The number of rotatable bonds is 5. The summed E-state index contributed by atoms with van der Waals surface area (Å²) >= 11 is 12.0. The third kappa shape index (κ3) is 4.77. The van der Waals surface area contributed by atoms with Gasteiger partial charge in [-0.15, -0.1) is 0 Å². The molecule has 2 rings (SSSR count). The van der Waals surface area contributed by atoms with Gasteiger partial charge >= 0.3 is 0 Å². The van der Waals surface area contributed by atoms with Crippen molar-refractivity contribution in [2.24, 2.45) is 0 Å². The van der Waals surface area contributed by atoms with Crippen molar-refractivity contribution in [3.8, 4) is 5.75 Å². The average Bonchev–Trinajstić information content (AvgIpc) is 2.48. The largest absolute Gasteiger partial charge is 0.495 e. The molecule has 0 fully saturated rings. The minimum atomic E-state index is -3.47. The Morgan fingerprint density at radius 1 is 1.12 bits per heavy atom. The summed E-state index contributed by atoms with van der Waals surface area (Å²) in [6, 6.07) is 9.00. The van der Waals surface area contributed by atoms with Gasteiger partial charge in [-0.1, -0.05) is 23.2 Å². The summed E-state index contributed by atoms with van der Waals surface area (Å²) in [4.78, 5) is 12.5. The Morgan fingerprint density at radius 2 is 1.83 bits per heavy atom. The van der Waals surface area contributed by atoms with E-state index in [-0.39, 0.29) is 16.3 Å². The molecule has 2 N–H and O–H groups in total. The lowest BCUT2D eigenvalue weighted by atomic mass is 10.2. The van der Waals surface area contributed by atoms with Gasteiger partial charge in [-0.2, -0.15) is 0 Å². The predicted molar refractivity (Wildman–Crippen MR) is 95.9 cm³/mol. The van der Waals surface area contributed by atoms with E-state index in [2.05, 4.69) is 10.0 Å². The van der Waals surface area contributed by atoms with Gasteiger partial charge in [0.1, 0.15) is 5.75 Å². The lowest BCUT2D eigenvalue weighted by Crippen LogP contribution is -2.15. The third-order valence-electron chi connectivity index (χ3n) is 2.92. The maximum atomic E-state index is 12.5. The molecule has 6 nitrogen and oxygen atoms in total. The highest BCUT2D eigenvalue weighted by Gasteiger charge is 2.15. The van der Waals surface area contributed by atoms with Crippen molar-refractivity contribution in [1.29, 1.82) is 0 Å². The van der Waals surface area contributed by atoms with Crippen molar-refractivity contribution in [2.45, 2.75) is 0 Å². The Kier molecular flexibility index (Phi) is 5.58. The number of carbonyl (C=O) groups is 1. The number of amides is 1. The van der Waals surface area contributed by atoms with E-state index in [1.165, 1.54) is 31.4 Å². The molecule has 0 spiro atoms. The van der Waals surface area contributed by atoms with Crippen molar-refractivity contribution < 1.29 is 17.9 Å². The molecule has 128 valence electrons. The van der Waals surface area contributed by atoms with Gasteiger partial charge < -0.3 is 10.1 Å². The van der Waals surface area contributed by atoms with Gasteiger partial charge in [0.2, 0.25) is 10.0 Å². The zero-order chi connectivity index (χ0) is 17.9. The fourth-order valence-electron chi connectivity index (χ4n) is 1.94. The minimum absolute atomic E-state index is 0.104. The lowest BCUT2D eigenvalue weighted by Gasteiger charge is -2.12. The van der Waals surface area contributed by atoms with Crippen LogP contribution in [-0.2, 0) is 10.0 Å². The molecule has 0 bridgehead atoms. The molecule has 0 aliphatic rings. The first-order chi connectivity index (χ1) is 11.2. The summed E-state index contributed by atoms with van der Waals surface area (Å²) in [6.07, 6.45) is 1.01. The summed E-state index contributed by atoms with van der Waals surface area (Å²) in [5, 5.41) is 3.23. The number of anilines is 2. The summed E-state index contributed by atoms with van der Waals surface area (Å²) in [6.45, 7) is 0. The average molecular weight is 389 g/mol. The molecule has 0 saturated heterocycles. The number of ether oxygens (including phenoxy) is 1. The maximum absolute atomic E-state index is 12.5. The molecular formula is C15H14Cl2N2O4S. The van der Waals surface area contributed by atoms with Crippen LogP contribution in [0.25, 0.3) is 0 Å². The van der Waals surface area contributed by atoms with Crippen LogP contribution in [0.3, 0.4) is 0 Å². The molecule has 0 unspecified atom stereocenters. The second kappa shape index (κ2) is 7.29. The van der Waals surface area contributed by atoms with E-state index in [0.29, 0.717) is 16.5 Å². The number of nitrogens with one attached hydrogen (secondary N) is 2. The smallest absolute Gasteiger partial charge is 0.257 e. The van der Waals surface area contributed by atoms with Crippen LogP contribution in [0.15, 0.2) is 36.4 Å². The Morgan fingerprint density at radius 3 is 2.46 bits per heavy atom. The van der Waals surface area contributed by atoms with Crippen molar-refractivity contribution in [3.63, 3.8) is 0 Å². The van der Waals surface area contributed by atoms with E-state index in [0.717, 1.165) is 6.26 Å². The van der Waals surface area contributed by atoms with Crippen LogP contribution < -0.4 is 14.8 Å². The van der Waals surface area contributed by atoms with Crippen LogP contribution in [0, 0.1) is 0 Å². The van der Waals surface area contributed by atoms with Gasteiger partial charge in [0.25, 0.3) is 5.91 Å². The van der Waals surface area contributed by atoms with Crippen molar-refractivity contribution >= 4 is 50.5 Å². The zero-order valence-electron chi connectivity index (χ0n) is 12.8. The number of halogens is 2. The summed E-state index contributed by atoms with van der Waals surface area (Å²) < 4.78 is 30.1. The molecule has 0 radical (unpaired) electrons. The zero-order valence-corrected chi connectivity index (χ0v) is 15.1. The topological polar surface area (TPSA) is 84.5 Å². The molecule has 9 heteroatoms. The van der Waals surface area contributed by atoms with E-state index < -0.39 is 15.9 Å². The van der Waals surface area contributed by atoms with Gasteiger partial charge in [0.15, 0.2) is 0 Å². The second-order valence-corrected chi connectivity index (χ2v) is 7.46. The van der Waals surface area contributed by atoms with Crippen molar-refractivity contribution in [1.82, 2.24) is 0 Å². The Labute approximate surface area is 149 Å². The first kappa shape index (κ1) is 18.4. The monoisotopic (exact) mass is 388 g/mol. The standard InChI is InChI=1S/C15H14Cl2N2O4S/c1-23-14-6-3-9(16)7-13(14)18-15(20)11-8-10(4-5-12(11)17)19-24(2,21)22/h3-8,19H,1-2H3,(H,18,20). The highest BCUT2D eigenvalue weighted by molar-refractivity contribution is 7.92. The second-order valence-electron chi connectivity index (χ2n) is 4.87. The number of sulfonamides is 1. The molecule has 1 amide bonds. The van der Waals surface area contributed by atoms with Crippen LogP contribution in [0.4, 0.5) is 11.4 Å². The Hall–Kier alpha value is -1.96. The van der Waals surface area contributed by atoms with Crippen LogP contribution in [-0.4, -0.2) is 27.7 Å². The molecule has 0 aliphatic carbocycles. The molecule has 2 aromatic carbocycles. The van der Waals surface area contributed by atoms with Crippen molar-refractivity contribution in [3.05, 3.63) is 52.0 Å². The maximum Gasteiger partial charge on any atom is 0.257 e. The summed E-state index contributed by atoms with van der Waals surface area (Å²) in [5.41, 5.74) is 0.699. The van der Waals surface area contributed by atoms with Crippen LogP contribution in [0.1, 0.15) is 10.4 Å². The number of hydrogen-bond acceptors (Lipinski definition) is 4. The fraction of sp³-hybridized carbons (Fsp3) is 0.133. The highest BCUT2D eigenvalue weighted by Crippen LogP contribution is 2.29. The molecule has 0 heterocycles. The fourth-order valence-corrected chi connectivity index (χ4v) is 2.87. The molecular weight excluding hydrogens is 375 g/mol. The number of benzene rings is 2. The molecule has 0 aliphatic heterocycles. The lowest BCUT2D eigenvalue weighted by molar-refractivity contribution is 0.102. The number of hydrogen-bond donors (Lipinski definition) is 2. The van der Waals surface area contributed by atoms with Gasteiger partial charge in [0.05, 0.1) is 29.6 Å². The van der Waals surface area contributed by atoms with E-state index in [1.54, 1.807) is 12.1 Å². The Bertz CT molecular complexity index is 885. The van der Waals surface area contributed by atoms with Crippen LogP contribution >= 0.6 is 23.2 Å². The van der Waals surface area contributed by atoms with Crippen molar-refractivity contribution in [2.75, 3.05) is 23.4 Å². The molecule has 2 aromatic rings.